The highest BCUT2D eigenvalue weighted by Gasteiger charge is 2.18. The molecule has 0 fully saturated rings. The number of ether oxygens (including phenoxy) is 2. The Kier molecular flexibility index (Phi) is 6.10. The fourth-order valence-corrected chi connectivity index (χ4v) is 2.17. The molecule has 2 N–H and O–H groups in total. The van der Waals surface area contributed by atoms with Gasteiger partial charge in [0, 0.05) is 5.69 Å². The van der Waals surface area contributed by atoms with Crippen LogP contribution < -0.4 is 20.2 Å². The summed E-state index contributed by atoms with van der Waals surface area (Å²) in [7, 11) is 2.80. The Bertz CT molecular complexity index is 851. The molecule has 9 nitrogen and oxygen atoms in total. The molecule has 9 heteroatoms. The van der Waals surface area contributed by atoms with Crippen LogP contribution in [0.3, 0.4) is 0 Å². The van der Waals surface area contributed by atoms with Gasteiger partial charge in [-0.25, -0.2) is 10.2 Å². The Morgan fingerprint density at radius 3 is 2.46 bits per heavy atom. The fourth-order valence-electron chi connectivity index (χ4n) is 2.17. The zero-order valence-corrected chi connectivity index (χ0v) is 14.5. The third-order valence-electron chi connectivity index (χ3n) is 3.49. The summed E-state index contributed by atoms with van der Waals surface area (Å²) in [6, 6.07) is 9.31. The number of para-hydroxylation sites is 1. The van der Waals surface area contributed by atoms with E-state index in [1.165, 1.54) is 26.4 Å². The predicted octanol–water partition coefficient (Wildman–Crippen LogP) is 3.08. The van der Waals surface area contributed by atoms with Crippen molar-refractivity contribution in [2.75, 3.05) is 19.5 Å². The maximum absolute atomic E-state index is 11.9. The molecule has 0 unspecified atom stereocenters. The van der Waals surface area contributed by atoms with Crippen molar-refractivity contribution in [1.82, 2.24) is 5.43 Å². The number of nitro groups is 1. The molecule has 0 aromatic heterocycles. The number of anilines is 1. The van der Waals surface area contributed by atoms with E-state index in [1.54, 1.807) is 12.1 Å². The number of carbonyl (C=O) groups excluding carboxylic acids is 1. The standard InChI is InChI=1S/C17H18N4O5/c1-11-6-4-5-7-13(11)19-17(22)20-18-10-12-8-15(25-2)16(26-3)9-14(12)21(23)24/h4-10H,1-3H3,(H2,19,20,22). The van der Waals surface area contributed by atoms with E-state index in [-0.39, 0.29) is 17.0 Å². The molecule has 136 valence electrons. The first-order chi connectivity index (χ1) is 12.5. The molecule has 0 bridgehead atoms. The van der Waals surface area contributed by atoms with Crippen LogP contribution in [-0.2, 0) is 0 Å². The molecule has 0 radical (unpaired) electrons. The van der Waals surface area contributed by atoms with Gasteiger partial charge in [-0.1, -0.05) is 18.2 Å². The topological polar surface area (TPSA) is 115 Å². The first-order valence-corrected chi connectivity index (χ1v) is 7.52. The minimum Gasteiger partial charge on any atom is -0.493 e. The number of urea groups is 1. The molecule has 2 rings (SSSR count). The molecular formula is C17H18N4O5. The number of hydrogen-bond acceptors (Lipinski definition) is 6. The Balaban J connectivity index is 2.15. The maximum Gasteiger partial charge on any atom is 0.339 e. The number of benzene rings is 2. The maximum atomic E-state index is 11.9. The number of nitro benzene ring substituents is 1. The summed E-state index contributed by atoms with van der Waals surface area (Å²) in [5.74, 6) is 0.533. The molecule has 2 aromatic carbocycles. The van der Waals surface area contributed by atoms with Crippen molar-refractivity contribution in [3.8, 4) is 11.5 Å². The minimum absolute atomic E-state index is 0.156. The number of methoxy groups -OCH3 is 2. The van der Waals surface area contributed by atoms with Crippen molar-refractivity contribution >= 4 is 23.6 Å². The van der Waals surface area contributed by atoms with Gasteiger partial charge in [-0.2, -0.15) is 5.10 Å². The van der Waals surface area contributed by atoms with E-state index in [4.69, 9.17) is 9.47 Å². The van der Waals surface area contributed by atoms with Crippen molar-refractivity contribution < 1.29 is 19.2 Å². The number of aryl methyl sites for hydroxylation is 1. The van der Waals surface area contributed by atoms with Gasteiger partial charge in [-0.05, 0) is 24.6 Å². The summed E-state index contributed by atoms with van der Waals surface area (Å²) in [4.78, 5) is 22.5. The Labute approximate surface area is 149 Å². The van der Waals surface area contributed by atoms with Crippen LogP contribution in [0.1, 0.15) is 11.1 Å². The third kappa shape index (κ3) is 4.47. The zero-order chi connectivity index (χ0) is 19.1. The summed E-state index contributed by atoms with van der Waals surface area (Å²) < 4.78 is 10.2. The van der Waals surface area contributed by atoms with Crippen LogP contribution in [0.4, 0.5) is 16.2 Å². The highest BCUT2D eigenvalue weighted by molar-refractivity contribution is 5.92. The highest BCUT2D eigenvalue weighted by atomic mass is 16.6. The Hall–Kier alpha value is -3.62. The number of rotatable bonds is 6. The molecule has 0 heterocycles. The fraction of sp³-hybridized carbons (Fsp3) is 0.176. The van der Waals surface area contributed by atoms with E-state index in [9.17, 15) is 14.9 Å². The van der Waals surface area contributed by atoms with Gasteiger partial charge in [0.25, 0.3) is 5.69 Å². The molecule has 26 heavy (non-hydrogen) atoms. The van der Waals surface area contributed by atoms with E-state index < -0.39 is 11.0 Å². The van der Waals surface area contributed by atoms with Crippen molar-refractivity contribution in [2.24, 2.45) is 5.10 Å². The van der Waals surface area contributed by atoms with E-state index in [1.807, 2.05) is 19.1 Å². The zero-order valence-electron chi connectivity index (χ0n) is 14.5. The average molecular weight is 358 g/mol. The quantitative estimate of drug-likeness (QED) is 0.468. The largest absolute Gasteiger partial charge is 0.493 e. The molecule has 0 saturated carbocycles. The second-order valence-electron chi connectivity index (χ2n) is 5.16. The lowest BCUT2D eigenvalue weighted by Crippen LogP contribution is -2.24. The van der Waals surface area contributed by atoms with Gasteiger partial charge < -0.3 is 14.8 Å². The second-order valence-corrected chi connectivity index (χ2v) is 5.16. The first-order valence-electron chi connectivity index (χ1n) is 7.52. The van der Waals surface area contributed by atoms with Crippen LogP contribution in [0.2, 0.25) is 0 Å². The lowest BCUT2D eigenvalue weighted by molar-refractivity contribution is -0.385. The SMILES string of the molecule is COc1cc(C=NNC(=O)Nc2ccccc2C)c([N+](=O)[O-])cc1OC. The molecule has 0 aliphatic rings. The number of hydrazone groups is 1. The van der Waals surface area contributed by atoms with Crippen LogP contribution in [0.15, 0.2) is 41.5 Å². The van der Waals surface area contributed by atoms with Crippen LogP contribution >= 0.6 is 0 Å². The van der Waals surface area contributed by atoms with Crippen molar-refractivity contribution in [2.45, 2.75) is 6.92 Å². The molecule has 0 atom stereocenters. The average Bonchev–Trinajstić information content (AvgIpc) is 2.62. The first kappa shape index (κ1) is 18.7. The third-order valence-corrected chi connectivity index (χ3v) is 3.49. The van der Waals surface area contributed by atoms with Gasteiger partial charge >= 0.3 is 6.03 Å². The predicted molar refractivity (Wildman–Crippen MR) is 97.1 cm³/mol. The van der Waals surface area contributed by atoms with Gasteiger partial charge in [-0.3, -0.25) is 10.1 Å². The summed E-state index contributed by atoms with van der Waals surface area (Å²) in [5, 5.41) is 17.6. The molecular weight excluding hydrogens is 340 g/mol. The van der Waals surface area contributed by atoms with Crippen molar-refractivity contribution in [1.29, 1.82) is 0 Å². The number of hydrogen-bond donors (Lipinski definition) is 2. The van der Waals surface area contributed by atoms with Gasteiger partial charge in [0.05, 0.1) is 37.0 Å². The summed E-state index contributed by atoms with van der Waals surface area (Å²) in [6.07, 6.45) is 1.16. The van der Waals surface area contributed by atoms with Gasteiger partial charge in [0.15, 0.2) is 11.5 Å². The minimum atomic E-state index is -0.573. The lowest BCUT2D eigenvalue weighted by atomic mass is 10.1. The van der Waals surface area contributed by atoms with E-state index >= 15 is 0 Å². The summed E-state index contributed by atoms with van der Waals surface area (Å²) in [6.45, 7) is 1.85. The Morgan fingerprint density at radius 1 is 1.19 bits per heavy atom. The lowest BCUT2D eigenvalue weighted by Gasteiger charge is -2.09. The van der Waals surface area contributed by atoms with Crippen LogP contribution in [0.5, 0.6) is 11.5 Å². The van der Waals surface area contributed by atoms with E-state index in [0.29, 0.717) is 11.4 Å². The number of amides is 2. The molecule has 0 spiro atoms. The number of nitrogens with zero attached hydrogens (tertiary/aromatic N) is 2. The van der Waals surface area contributed by atoms with E-state index in [0.717, 1.165) is 11.8 Å². The van der Waals surface area contributed by atoms with Crippen molar-refractivity contribution in [3.63, 3.8) is 0 Å². The van der Waals surface area contributed by atoms with Gasteiger partial charge in [-0.15, -0.1) is 0 Å². The summed E-state index contributed by atoms with van der Waals surface area (Å²) >= 11 is 0. The molecule has 0 saturated heterocycles. The molecule has 2 aromatic rings. The van der Waals surface area contributed by atoms with E-state index in [2.05, 4.69) is 15.8 Å². The molecule has 0 aliphatic carbocycles. The van der Waals surface area contributed by atoms with Gasteiger partial charge in [0.1, 0.15) is 0 Å². The number of carbonyl (C=O) groups is 1. The van der Waals surface area contributed by atoms with Gasteiger partial charge in [0.2, 0.25) is 0 Å². The van der Waals surface area contributed by atoms with Crippen LogP contribution in [0.25, 0.3) is 0 Å². The smallest absolute Gasteiger partial charge is 0.339 e. The summed E-state index contributed by atoms with van der Waals surface area (Å²) in [5.41, 5.74) is 3.72. The molecule has 0 aliphatic heterocycles. The Morgan fingerprint density at radius 2 is 1.85 bits per heavy atom. The molecule has 2 amide bonds. The van der Waals surface area contributed by atoms with Crippen LogP contribution in [0, 0.1) is 17.0 Å². The number of nitrogens with one attached hydrogen (secondary N) is 2. The highest BCUT2D eigenvalue weighted by Crippen LogP contribution is 2.33. The van der Waals surface area contributed by atoms with Crippen molar-refractivity contribution in [3.05, 3.63) is 57.6 Å². The van der Waals surface area contributed by atoms with Crippen LogP contribution in [-0.4, -0.2) is 31.4 Å². The second kappa shape index (κ2) is 8.47. The normalized spacial score (nSPS) is 10.4. The monoisotopic (exact) mass is 358 g/mol.